The molecule has 0 fully saturated rings. The molecule has 100 valence electrons. The summed E-state index contributed by atoms with van der Waals surface area (Å²) < 4.78 is 31.2. The average molecular weight is 314 g/mol. The molecule has 2 rings (SSSR count). The minimum atomic E-state index is -4.27. The maximum absolute atomic E-state index is 12.2. The van der Waals surface area contributed by atoms with E-state index in [1.807, 2.05) is 0 Å². The topological polar surface area (TPSA) is 74.7 Å². The molecule has 0 saturated carbocycles. The fraction of sp³-hybridized carbons (Fsp3) is 0.364. The summed E-state index contributed by atoms with van der Waals surface area (Å²) in [6, 6.07) is 4.84. The summed E-state index contributed by atoms with van der Waals surface area (Å²) in [6.45, 7) is 1.49. The van der Waals surface area contributed by atoms with Gasteiger partial charge in [-0.3, -0.25) is 9.35 Å². The second-order valence-corrected chi connectivity index (χ2v) is 6.47. The fourth-order valence-corrected chi connectivity index (χ4v) is 3.52. The molecule has 1 amide bonds. The van der Waals surface area contributed by atoms with Gasteiger partial charge in [-0.1, -0.05) is 11.6 Å². The van der Waals surface area contributed by atoms with Gasteiger partial charge in [0.05, 0.1) is 11.2 Å². The number of halogens is 1. The third-order valence-corrected chi connectivity index (χ3v) is 4.34. The van der Waals surface area contributed by atoms with Gasteiger partial charge in [0.1, 0.15) is 0 Å². The molecule has 1 heterocycles. The molecular weight excluding hydrogens is 301 g/mol. The summed E-state index contributed by atoms with van der Waals surface area (Å²) in [7, 11) is -2.71. The van der Waals surface area contributed by atoms with Gasteiger partial charge >= 0.3 is 29.6 Å². The number of likely N-dealkylation sites (N-methyl/N-ethyl adjacent to an activating group) is 1. The van der Waals surface area contributed by atoms with Crippen LogP contribution in [0.25, 0.3) is 0 Å². The van der Waals surface area contributed by atoms with Gasteiger partial charge < -0.3 is 4.90 Å². The quantitative estimate of drug-likeness (QED) is 0.648. The Morgan fingerprint density at radius 1 is 1.42 bits per heavy atom. The zero-order valence-corrected chi connectivity index (χ0v) is 11.4. The molecule has 1 aliphatic rings. The Morgan fingerprint density at radius 2 is 2.00 bits per heavy atom. The van der Waals surface area contributed by atoms with Crippen molar-refractivity contribution in [2.24, 2.45) is 0 Å². The maximum atomic E-state index is 12.2. The van der Waals surface area contributed by atoms with Crippen LogP contribution in [0.1, 0.15) is 12.5 Å². The molecular formula is C11H13ClNNaO4S. The Morgan fingerprint density at radius 3 is 2.53 bits per heavy atom. The number of hydrogen-bond acceptors (Lipinski definition) is 3. The van der Waals surface area contributed by atoms with Crippen molar-refractivity contribution in [1.29, 1.82) is 0 Å². The van der Waals surface area contributed by atoms with Gasteiger partial charge in [0, 0.05) is 17.8 Å². The second-order valence-electron chi connectivity index (χ2n) is 4.58. The summed E-state index contributed by atoms with van der Waals surface area (Å²) in [5, 5.41) is 0.415. The number of anilines is 1. The third kappa shape index (κ3) is 2.99. The summed E-state index contributed by atoms with van der Waals surface area (Å²) in [5.74, 6) is -1.03. The Balaban J connectivity index is 0.00000180. The van der Waals surface area contributed by atoms with Gasteiger partial charge in [-0.2, -0.15) is 8.42 Å². The number of carbonyl (C=O) groups is 1. The first-order chi connectivity index (χ1) is 8.15. The van der Waals surface area contributed by atoms with Crippen molar-refractivity contribution in [1.82, 2.24) is 0 Å². The van der Waals surface area contributed by atoms with E-state index in [2.05, 4.69) is 0 Å². The number of benzene rings is 1. The van der Waals surface area contributed by atoms with E-state index in [-0.39, 0.29) is 35.5 Å². The van der Waals surface area contributed by atoms with Crippen molar-refractivity contribution in [3.05, 3.63) is 28.8 Å². The normalized spacial score (nSPS) is 22.1. The molecule has 0 aliphatic carbocycles. The predicted octanol–water partition coefficient (Wildman–Crippen LogP) is 0.813. The van der Waals surface area contributed by atoms with E-state index >= 15 is 0 Å². The van der Waals surface area contributed by atoms with Crippen molar-refractivity contribution in [2.45, 2.75) is 12.3 Å². The van der Waals surface area contributed by atoms with E-state index in [0.717, 1.165) is 0 Å². The van der Waals surface area contributed by atoms with Crippen LogP contribution in [0.5, 0.6) is 0 Å². The van der Waals surface area contributed by atoms with Gasteiger partial charge in [-0.05, 0) is 30.7 Å². The van der Waals surface area contributed by atoms with Crippen molar-refractivity contribution in [3.8, 4) is 0 Å². The molecule has 0 aromatic heterocycles. The first kappa shape index (κ1) is 16.9. The molecule has 1 atom stereocenters. The molecule has 1 aliphatic heterocycles. The van der Waals surface area contributed by atoms with Gasteiger partial charge in [-0.15, -0.1) is 0 Å². The number of nitrogens with zero attached hydrogens (tertiary/aromatic N) is 1. The average Bonchev–Trinajstić information content (AvgIpc) is 2.39. The Hall–Kier alpha value is -0.110. The first-order valence-electron chi connectivity index (χ1n) is 5.18. The van der Waals surface area contributed by atoms with Crippen LogP contribution >= 0.6 is 11.6 Å². The molecule has 1 unspecified atom stereocenters. The fourth-order valence-electron chi connectivity index (χ4n) is 2.34. The van der Waals surface area contributed by atoms with E-state index in [4.69, 9.17) is 16.2 Å². The Labute approximate surface area is 139 Å². The molecule has 0 spiro atoms. The zero-order valence-electron chi connectivity index (χ0n) is 9.84. The van der Waals surface area contributed by atoms with Gasteiger partial charge in [0.15, 0.2) is 0 Å². The van der Waals surface area contributed by atoms with Crippen LogP contribution in [0.3, 0.4) is 0 Å². The van der Waals surface area contributed by atoms with Crippen LogP contribution < -0.4 is 4.90 Å². The molecule has 1 aromatic carbocycles. The van der Waals surface area contributed by atoms with Crippen LogP contribution in [-0.4, -0.2) is 61.2 Å². The van der Waals surface area contributed by atoms with Crippen molar-refractivity contribution in [2.75, 3.05) is 17.7 Å². The van der Waals surface area contributed by atoms with Gasteiger partial charge in [0.25, 0.3) is 10.1 Å². The monoisotopic (exact) mass is 313 g/mol. The van der Waals surface area contributed by atoms with Crippen molar-refractivity contribution in [3.63, 3.8) is 0 Å². The van der Waals surface area contributed by atoms with Crippen LogP contribution in [0.15, 0.2) is 18.2 Å². The van der Waals surface area contributed by atoms with Gasteiger partial charge in [0.2, 0.25) is 5.91 Å². The molecule has 0 saturated heterocycles. The molecule has 8 heteroatoms. The first-order valence-corrected chi connectivity index (χ1v) is 7.17. The Bertz CT molecular complexity index is 634. The second kappa shape index (κ2) is 5.35. The SMILES string of the molecule is CN1C(=O)C(C)(CS(=O)(=O)O)c2cc(Cl)ccc21.[NaH]. The van der Waals surface area contributed by atoms with Crippen LogP contribution in [0.4, 0.5) is 5.69 Å². The molecule has 5 nitrogen and oxygen atoms in total. The summed E-state index contributed by atoms with van der Waals surface area (Å²) in [4.78, 5) is 13.6. The summed E-state index contributed by atoms with van der Waals surface area (Å²) in [6.07, 6.45) is 0. The van der Waals surface area contributed by atoms with E-state index < -0.39 is 21.3 Å². The molecule has 1 N–H and O–H groups in total. The van der Waals surface area contributed by atoms with E-state index in [9.17, 15) is 13.2 Å². The minimum absolute atomic E-state index is 0. The molecule has 19 heavy (non-hydrogen) atoms. The Kier molecular flexibility index (Phi) is 4.77. The number of carbonyl (C=O) groups excluding carboxylic acids is 1. The van der Waals surface area contributed by atoms with Crippen LogP contribution in [-0.2, 0) is 20.3 Å². The number of rotatable bonds is 2. The predicted molar refractivity (Wildman–Crippen MR) is 75.8 cm³/mol. The van der Waals surface area contributed by atoms with E-state index in [0.29, 0.717) is 16.3 Å². The van der Waals surface area contributed by atoms with Crippen molar-refractivity contribution < 1.29 is 17.8 Å². The third-order valence-electron chi connectivity index (χ3n) is 3.16. The van der Waals surface area contributed by atoms with Crippen molar-refractivity contribution >= 4 is 62.9 Å². The molecule has 0 bridgehead atoms. The summed E-state index contributed by atoms with van der Waals surface area (Å²) in [5.41, 5.74) is -0.182. The zero-order chi connectivity index (χ0) is 13.7. The number of fused-ring (bicyclic) bond motifs is 1. The van der Waals surface area contributed by atoms with Crippen LogP contribution in [0, 0.1) is 0 Å². The van der Waals surface area contributed by atoms with Crippen LogP contribution in [0.2, 0.25) is 5.02 Å². The number of hydrogen-bond donors (Lipinski definition) is 1. The van der Waals surface area contributed by atoms with E-state index in [1.165, 1.54) is 11.8 Å². The van der Waals surface area contributed by atoms with E-state index in [1.54, 1.807) is 25.2 Å². The summed E-state index contributed by atoms with van der Waals surface area (Å²) >= 11 is 5.88. The molecule has 1 aromatic rings. The van der Waals surface area contributed by atoms with Gasteiger partial charge in [-0.25, -0.2) is 0 Å². The number of amides is 1. The standard InChI is InChI=1S/C11H12ClNO4S.Na.H/c1-11(6-18(15,16)17)8-5-7(12)3-4-9(8)13(2)10(11)14;;/h3-5H,6H2,1-2H3,(H,15,16,17);;. The molecule has 0 radical (unpaired) electrons.